The topological polar surface area (TPSA) is 59.8 Å². The van der Waals surface area contributed by atoms with Crippen LogP contribution >= 0.6 is 0 Å². The smallest absolute Gasteiger partial charge is 0.269 e. The fraction of sp³-hybridized carbons (Fsp3) is 0.308. The quantitative estimate of drug-likeness (QED) is 0.884. The molecule has 2 aromatic heterocycles. The second-order valence-electron chi connectivity index (χ2n) is 4.44. The monoisotopic (exact) mass is 242 g/mol. The van der Waals surface area contributed by atoms with Crippen LogP contribution in [0.3, 0.4) is 0 Å². The van der Waals surface area contributed by atoms with Crippen molar-refractivity contribution < 1.29 is 4.79 Å². The number of nitrogens with one attached hydrogen (secondary N) is 1. The van der Waals surface area contributed by atoms with Crippen LogP contribution in [0.1, 0.15) is 34.9 Å². The van der Waals surface area contributed by atoms with Gasteiger partial charge in [-0.1, -0.05) is 6.07 Å². The molecule has 1 fully saturated rings. The Balaban J connectivity index is 1.66. The summed E-state index contributed by atoms with van der Waals surface area (Å²) in [6, 6.07) is 5.97. The number of rotatable bonds is 4. The fourth-order valence-electron chi connectivity index (χ4n) is 1.88. The van der Waals surface area contributed by atoms with Gasteiger partial charge < -0.3 is 5.32 Å². The maximum Gasteiger partial charge on any atom is 0.269 e. The van der Waals surface area contributed by atoms with Crippen LogP contribution in [-0.2, 0) is 6.54 Å². The van der Waals surface area contributed by atoms with Crippen LogP contribution in [0.2, 0.25) is 0 Å². The van der Waals surface area contributed by atoms with Gasteiger partial charge in [-0.05, 0) is 30.5 Å². The Morgan fingerprint density at radius 2 is 2.28 bits per heavy atom. The number of amides is 1. The third-order valence-electron chi connectivity index (χ3n) is 2.97. The van der Waals surface area contributed by atoms with E-state index < -0.39 is 0 Å². The molecule has 0 bridgehead atoms. The molecule has 1 aliphatic rings. The molecular formula is C13H14N4O. The minimum Gasteiger partial charge on any atom is -0.347 e. The first-order chi connectivity index (χ1) is 8.84. The molecule has 0 unspecified atom stereocenters. The first kappa shape index (κ1) is 11.0. The van der Waals surface area contributed by atoms with E-state index >= 15 is 0 Å². The van der Waals surface area contributed by atoms with Crippen molar-refractivity contribution in [1.82, 2.24) is 20.1 Å². The highest BCUT2D eigenvalue weighted by atomic mass is 16.2. The van der Waals surface area contributed by atoms with Gasteiger partial charge >= 0.3 is 0 Å². The fourth-order valence-corrected chi connectivity index (χ4v) is 1.88. The van der Waals surface area contributed by atoms with Gasteiger partial charge in [-0.15, -0.1) is 0 Å². The van der Waals surface area contributed by atoms with Gasteiger partial charge in [0.25, 0.3) is 5.91 Å². The van der Waals surface area contributed by atoms with Crippen molar-refractivity contribution in [3.8, 4) is 0 Å². The molecule has 5 heteroatoms. The summed E-state index contributed by atoms with van der Waals surface area (Å²) in [6.07, 6.45) is 7.37. The summed E-state index contributed by atoms with van der Waals surface area (Å²) in [7, 11) is 0. The lowest BCUT2D eigenvalue weighted by Gasteiger charge is -2.07. The molecular weight excluding hydrogens is 228 g/mol. The maximum atomic E-state index is 12.0. The Hall–Kier alpha value is -2.17. The van der Waals surface area contributed by atoms with E-state index in [0.29, 0.717) is 18.3 Å². The van der Waals surface area contributed by atoms with E-state index in [1.807, 2.05) is 16.8 Å². The lowest BCUT2D eigenvalue weighted by Crippen LogP contribution is -2.25. The van der Waals surface area contributed by atoms with E-state index in [0.717, 1.165) is 18.4 Å². The lowest BCUT2D eigenvalue weighted by atomic mass is 10.3. The summed E-state index contributed by atoms with van der Waals surface area (Å²) in [5.74, 6) is -0.0803. The van der Waals surface area contributed by atoms with E-state index in [1.165, 1.54) is 0 Å². The molecule has 0 saturated heterocycles. The molecule has 0 aliphatic heterocycles. The average molecular weight is 242 g/mol. The zero-order chi connectivity index (χ0) is 12.4. The summed E-state index contributed by atoms with van der Waals surface area (Å²) in [4.78, 5) is 16.1. The number of carbonyl (C=O) groups is 1. The first-order valence-electron chi connectivity index (χ1n) is 6.05. The second kappa shape index (κ2) is 4.60. The van der Waals surface area contributed by atoms with Crippen LogP contribution in [0, 0.1) is 0 Å². The van der Waals surface area contributed by atoms with E-state index in [2.05, 4.69) is 15.4 Å². The second-order valence-corrected chi connectivity index (χ2v) is 4.44. The molecule has 0 atom stereocenters. The van der Waals surface area contributed by atoms with Gasteiger partial charge in [-0.25, -0.2) is 0 Å². The highest BCUT2D eigenvalue weighted by Crippen LogP contribution is 2.34. The Morgan fingerprint density at radius 1 is 1.39 bits per heavy atom. The first-order valence-corrected chi connectivity index (χ1v) is 6.05. The largest absolute Gasteiger partial charge is 0.347 e. The molecule has 18 heavy (non-hydrogen) atoms. The third kappa shape index (κ3) is 2.25. The molecule has 0 aromatic carbocycles. The Kier molecular flexibility index (Phi) is 2.80. The summed E-state index contributed by atoms with van der Waals surface area (Å²) in [5, 5.41) is 7.08. The molecule has 2 heterocycles. The number of nitrogens with zero attached hydrogens (tertiary/aromatic N) is 3. The van der Waals surface area contributed by atoms with E-state index in [-0.39, 0.29) is 5.91 Å². The van der Waals surface area contributed by atoms with Gasteiger partial charge in [-0.2, -0.15) is 5.10 Å². The zero-order valence-electron chi connectivity index (χ0n) is 9.91. The van der Waals surface area contributed by atoms with E-state index in [1.54, 1.807) is 24.7 Å². The zero-order valence-corrected chi connectivity index (χ0v) is 9.91. The summed E-state index contributed by atoms with van der Waals surface area (Å²) in [6.45, 7) is 0.489. The number of carbonyl (C=O) groups excluding carboxylic acids is 1. The van der Waals surface area contributed by atoms with Gasteiger partial charge in [-0.3, -0.25) is 14.5 Å². The molecule has 0 spiro atoms. The van der Waals surface area contributed by atoms with Gasteiger partial charge in [0, 0.05) is 25.1 Å². The maximum absolute atomic E-state index is 12.0. The number of aromatic nitrogens is 3. The Morgan fingerprint density at radius 3 is 3.00 bits per heavy atom. The molecule has 92 valence electrons. The molecule has 0 radical (unpaired) electrons. The summed E-state index contributed by atoms with van der Waals surface area (Å²) < 4.78 is 1.82. The molecule has 1 saturated carbocycles. The van der Waals surface area contributed by atoms with Crippen LogP contribution in [-0.4, -0.2) is 20.7 Å². The van der Waals surface area contributed by atoms with Gasteiger partial charge in [0.1, 0.15) is 5.69 Å². The minimum atomic E-state index is -0.0803. The van der Waals surface area contributed by atoms with Crippen molar-refractivity contribution >= 4 is 5.91 Å². The number of hydrogen-bond acceptors (Lipinski definition) is 3. The van der Waals surface area contributed by atoms with Crippen LogP contribution < -0.4 is 5.32 Å². The predicted molar refractivity (Wildman–Crippen MR) is 65.9 cm³/mol. The van der Waals surface area contributed by atoms with Gasteiger partial charge in [0.2, 0.25) is 0 Å². The number of pyridine rings is 1. The standard InChI is InChI=1S/C13H14N4O/c18-13(15-9-10-2-1-6-14-8-10)12-5-7-16-17(12)11-3-4-11/h1-2,5-8,11H,3-4,9H2,(H,15,18). The Bertz CT molecular complexity index is 545. The van der Waals surface area contributed by atoms with Crippen molar-refractivity contribution in [3.63, 3.8) is 0 Å². The number of hydrogen-bond donors (Lipinski definition) is 1. The van der Waals surface area contributed by atoms with Gasteiger partial charge in [0.05, 0.1) is 6.04 Å². The lowest BCUT2D eigenvalue weighted by molar-refractivity contribution is 0.0940. The van der Waals surface area contributed by atoms with Crippen LogP contribution in [0.15, 0.2) is 36.8 Å². The van der Waals surface area contributed by atoms with Crippen molar-refractivity contribution in [2.24, 2.45) is 0 Å². The molecule has 2 aromatic rings. The summed E-state index contributed by atoms with van der Waals surface area (Å²) in [5.41, 5.74) is 1.63. The molecule has 1 aliphatic carbocycles. The van der Waals surface area contributed by atoms with E-state index in [9.17, 15) is 4.79 Å². The molecule has 5 nitrogen and oxygen atoms in total. The molecule has 3 rings (SSSR count). The van der Waals surface area contributed by atoms with Crippen LogP contribution in [0.25, 0.3) is 0 Å². The average Bonchev–Trinajstić information content (AvgIpc) is 3.14. The highest BCUT2D eigenvalue weighted by molar-refractivity contribution is 5.92. The highest BCUT2D eigenvalue weighted by Gasteiger charge is 2.28. The van der Waals surface area contributed by atoms with Crippen LogP contribution in [0.4, 0.5) is 0 Å². The summed E-state index contributed by atoms with van der Waals surface area (Å²) >= 11 is 0. The SMILES string of the molecule is O=C(NCc1cccnc1)c1ccnn1C1CC1. The predicted octanol–water partition coefficient (Wildman–Crippen LogP) is 1.54. The van der Waals surface area contributed by atoms with Crippen LogP contribution in [0.5, 0.6) is 0 Å². The normalized spacial score (nSPS) is 14.4. The van der Waals surface area contributed by atoms with E-state index in [4.69, 9.17) is 0 Å². The third-order valence-corrected chi connectivity index (χ3v) is 2.97. The van der Waals surface area contributed by atoms with Crippen molar-refractivity contribution in [1.29, 1.82) is 0 Å². The Labute approximate surface area is 105 Å². The van der Waals surface area contributed by atoms with Crippen molar-refractivity contribution in [2.45, 2.75) is 25.4 Å². The van der Waals surface area contributed by atoms with Crippen molar-refractivity contribution in [2.75, 3.05) is 0 Å². The van der Waals surface area contributed by atoms with Gasteiger partial charge in [0.15, 0.2) is 0 Å². The minimum absolute atomic E-state index is 0.0803. The van der Waals surface area contributed by atoms with Crippen molar-refractivity contribution in [3.05, 3.63) is 48.0 Å². The molecule has 1 amide bonds. The molecule has 1 N–H and O–H groups in total.